The molecule has 24 heavy (non-hydrogen) atoms. The highest BCUT2D eigenvalue weighted by molar-refractivity contribution is 7.99. The van der Waals surface area contributed by atoms with Gasteiger partial charge in [-0.05, 0) is 31.4 Å². The molecule has 2 aromatic heterocycles. The van der Waals surface area contributed by atoms with E-state index in [2.05, 4.69) is 17.6 Å². The van der Waals surface area contributed by atoms with Crippen molar-refractivity contribution >= 4 is 50.1 Å². The number of hydrogen-bond donors (Lipinski definition) is 2. The first kappa shape index (κ1) is 15.7. The number of nitrogens with one attached hydrogen (secondary N) is 2. The minimum atomic E-state index is 0.541. The molecule has 0 radical (unpaired) electrons. The molecule has 0 saturated heterocycles. The molecule has 1 fully saturated rings. The lowest BCUT2D eigenvalue weighted by atomic mass is 10.3. The van der Waals surface area contributed by atoms with Crippen LogP contribution in [0.15, 0.2) is 35.5 Å². The predicted octanol–water partition coefficient (Wildman–Crippen LogP) is 4.91. The van der Waals surface area contributed by atoms with Crippen LogP contribution in [0.25, 0.3) is 10.3 Å². The van der Waals surface area contributed by atoms with Gasteiger partial charge in [0.15, 0.2) is 20.9 Å². The molecule has 0 spiro atoms. The molecule has 1 saturated carbocycles. The van der Waals surface area contributed by atoms with E-state index in [1.165, 1.54) is 12.8 Å². The van der Waals surface area contributed by atoms with Crippen molar-refractivity contribution in [3.05, 3.63) is 30.3 Å². The molecule has 0 unspecified atom stereocenters. The monoisotopic (exact) mass is 357 g/mol. The third kappa shape index (κ3) is 3.62. The minimum Gasteiger partial charge on any atom is -0.365 e. The van der Waals surface area contributed by atoms with E-state index in [1.54, 1.807) is 23.1 Å². The van der Waals surface area contributed by atoms with Crippen LogP contribution in [0.2, 0.25) is 0 Å². The van der Waals surface area contributed by atoms with Crippen LogP contribution in [0.3, 0.4) is 0 Å². The predicted molar refractivity (Wildman–Crippen MR) is 103 cm³/mol. The first-order valence-electron chi connectivity index (χ1n) is 8.22. The Hall–Kier alpha value is -1.86. The lowest BCUT2D eigenvalue weighted by Gasteiger charge is -2.06. The largest absolute Gasteiger partial charge is 0.365 e. The first-order valence-corrected chi connectivity index (χ1v) is 10.0. The van der Waals surface area contributed by atoms with Crippen LogP contribution < -0.4 is 10.6 Å². The molecule has 124 valence electrons. The third-order valence-corrected chi connectivity index (χ3v) is 5.53. The summed E-state index contributed by atoms with van der Waals surface area (Å²) >= 11 is 3.28. The molecule has 2 N–H and O–H groups in total. The third-order valence-electron chi connectivity index (χ3n) is 3.62. The summed E-state index contributed by atoms with van der Waals surface area (Å²) in [5, 5.41) is 8.55. The maximum atomic E-state index is 4.72. The van der Waals surface area contributed by atoms with Crippen LogP contribution in [0, 0.1) is 0 Å². The van der Waals surface area contributed by atoms with Gasteiger partial charge in [0.25, 0.3) is 0 Å². The Labute approximate surface area is 149 Å². The molecule has 5 nitrogen and oxygen atoms in total. The number of thioether (sulfide) groups is 1. The molecule has 3 aromatic rings. The van der Waals surface area contributed by atoms with Gasteiger partial charge in [-0.25, -0.2) is 15.0 Å². The lowest BCUT2D eigenvalue weighted by Crippen LogP contribution is -2.05. The molecule has 4 rings (SSSR count). The van der Waals surface area contributed by atoms with Crippen molar-refractivity contribution in [3.8, 4) is 0 Å². The van der Waals surface area contributed by atoms with E-state index in [1.807, 2.05) is 30.3 Å². The van der Waals surface area contributed by atoms with Crippen LogP contribution in [0.5, 0.6) is 0 Å². The summed E-state index contributed by atoms with van der Waals surface area (Å²) in [5.41, 5.74) is 1.90. The minimum absolute atomic E-state index is 0.541. The Morgan fingerprint density at radius 3 is 2.75 bits per heavy atom. The van der Waals surface area contributed by atoms with Crippen LogP contribution in [0.4, 0.5) is 16.6 Å². The van der Waals surface area contributed by atoms with Gasteiger partial charge in [-0.15, -0.1) is 0 Å². The number of aromatic nitrogens is 3. The van der Waals surface area contributed by atoms with Gasteiger partial charge < -0.3 is 10.6 Å². The fourth-order valence-electron chi connectivity index (χ4n) is 2.28. The van der Waals surface area contributed by atoms with E-state index in [0.29, 0.717) is 6.04 Å². The molecular weight excluding hydrogens is 338 g/mol. The van der Waals surface area contributed by atoms with E-state index in [9.17, 15) is 0 Å². The van der Waals surface area contributed by atoms with E-state index >= 15 is 0 Å². The van der Waals surface area contributed by atoms with Crippen molar-refractivity contribution < 1.29 is 0 Å². The number of benzene rings is 1. The highest BCUT2D eigenvalue weighted by Crippen LogP contribution is 2.34. The van der Waals surface area contributed by atoms with Gasteiger partial charge in [0, 0.05) is 17.5 Å². The molecule has 0 amide bonds. The van der Waals surface area contributed by atoms with Gasteiger partial charge in [0.05, 0.1) is 0 Å². The Morgan fingerprint density at radius 2 is 2.00 bits per heavy atom. The van der Waals surface area contributed by atoms with Crippen LogP contribution in [-0.2, 0) is 0 Å². The van der Waals surface area contributed by atoms with Gasteiger partial charge in [0.2, 0.25) is 0 Å². The van der Waals surface area contributed by atoms with Gasteiger partial charge >= 0.3 is 0 Å². The first-order chi connectivity index (χ1) is 11.8. The molecule has 0 bridgehead atoms. The number of anilines is 3. The fraction of sp³-hybridized carbons (Fsp3) is 0.353. The second-order valence-electron chi connectivity index (χ2n) is 5.79. The molecule has 7 heteroatoms. The Bertz CT molecular complexity index is 830. The van der Waals surface area contributed by atoms with E-state index in [0.717, 1.165) is 44.3 Å². The summed E-state index contributed by atoms with van der Waals surface area (Å²) in [5.74, 6) is 1.90. The maximum Gasteiger partial charge on any atom is 0.191 e. The summed E-state index contributed by atoms with van der Waals surface area (Å²) in [6.07, 6.45) is 3.53. The Balaban J connectivity index is 1.67. The molecular formula is C17H19N5S2. The summed E-state index contributed by atoms with van der Waals surface area (Å²) in [4.78, 5) is 15.0. The molecule has 1 aliphatic rings. The molecule has 1 aliphatic carbocycles. The molecule has 0 aliphatic heterocycles. The zero-order valence-corrected chi connectivity index (χ0v) is 15.1. The number of thiazole rings is 1. The average Bonchev–Trinajstić information content (AvgIpc) is 3.32. The highest BCUT2D eigenvalue weighted by atomic mass is 32.2. The smallest absolute Gasteiger partial charge is 0.191 e. The lowest BCUT2D eigenvalue weighted by molar-refractivity contribution is 0.979. The molecule has 0 atom stereocenters. The van der Waals surface area contributed by atoms with Gasteiger partial charge in [0.1, 0.15) is 5.52 Å². The van der Waals surface area contributed by atoms with E-state index < -0.39 is 0 Å². The van der Waals surface area contributed by atoms with Crippen molar-refractivity contribution in [2.24, 2.45) is 0 Å². The van der Waals surface area contributed by atoms with Gasteiger partial charge in [-0.1, -0.05) is 48.2 Å². The standard InChI is InChI=1S/C17H19N5S2/c1-2-10-23-16-21-14(18-12-8-9-12)13-15(22-16)24-17(20-13)19-11-6-4-3-5-7-11/h3-7,12H,2,8-10H2,1H3,(H,19,20)(H,18,21,22). The average molecular weight is 358 g/mol. The van der Waals surface area contributed by atoms with Crippen molar-refractivity contribution in [1.29, 1.82) is 0 Å². The van der Waals surface area contributed by atoms with Crippen molar-refractivity contribution in [2.75, 3.05) is 16.4 Å². The topological polar surface area (TPSA) is 62.7 Å². The maximum absolute atomic E-state index is 4.72. The van der Waals surface area contributed by atoms with Crippen molar-refractivity contribution in [1.82, 2.24) is 15.0 Å². The highest BCUT2D eigenvalue weighted by Gasteiger charge is 2.24. The van der Waals surface area contributed by atoms with E-state index in [4.69, 9.17) is 15.0 Å². The van der Waals surface area contributed by atoms with Crippen molar-refractivity contribution in [2.45, 2.75) is 37.4 Å². The fourth-order valence-corrected chi connectivity index (χ4v) is 3.90. The van der Waals surface area contributed by atoms with Gasteiger partial charge in [-0.2, -0.15) is 0 Å². The summed E-state index contributed by atoms with van der Waals surface area (Å²) in [7, 11) is 0. The van der Waals surface area contributed by atoms with Crippen LogP contribution >= 0.6 is 23.1 Å². The Morgan fingerprint density at radius 1 is 1.17 bits per heavy atom. The summed E-state index contributed by atoms with van der Waals surface area (Å²) in [6, 6.07) is 10.6. The molecule has 1 aromatic carbocycles. The van der Waals surface area contributed by atoms with Crippen molar-refractivity contribution in [3.63, 3.8) is 0 Å². The second kappa shape index (κ2) is 6.94. The number of nitrogens with zero attached hydrogens (tertiary/aromatic N) is 3. The summed E-state index contributed by atoms with van der Waals surface area (Å²) < 4.78 is 0. The van der Waals surface area contributed by atoms with Crippen LogP contribution in [-0.4, -0.2) is 26.7 Å². The van der Waals surface area contributed by atoms with Crippen LogP contribution in [0.1, 0.15) is 26.2 Å². The van der Waals surface area contributed by atoms with E-state index in [-0.39, 0.29) is 0 Å². The zero-order valence-electron chi connectivity index (χ0n) is 13.5. The quantitative estimate of drug-likeness (QED) is 0.463. The number of fused-ring (bicyclic) bond motifs is 1. The number of rotatable bonds is 7. The normalized spacial score (nSPS) is 14.0. The summed E-state index contributed by atoms with van der Waals surface area (Å²) in [6.45, 7) is 2.17. The number of para-hydroxylation sites is 1. The SMILES string of the molecule is CCCSc1nc(NC2CC2)c2nc(Nc3ccccc3)sc2n1. The van der Waals surface area contributed by atoms with Gasteiger partial charge in [-0.3, -0.25) is 0 Å². The zero-order chi connectivity index (χ0) is 16.4. The number of hydrogen-bond acceptors (Lipinski definition) is 7. The molecule has 2 heterocycles. The Kier molecular flexibility index (Phi) is 4.53. The second-order valence-corrected chi connectivity index (χ2v) is 7.83.